The molecule has 0 bridgehead atoms. The molecule has 0 saturated carbocycles. The Kier molecular flexibility index (Phi) is 4.54. The summed E-state index contributed by atoms with van der Waals surface area (Å²) in [4.78, 5) is 0. The Morgan fingerprint density at radius 1 is 1.00 bits per heavy atom. The van der Waals surface area contributed by atoms with Gasteiger partial charge < -0.3 is 4.74 Å². The summed E-state index contributed by atoms with van der Waals surface area (Å²) in [5.74, 6) is 0.754. The molecule has 0 saturated heterocycles. The van der Waals surface area contributed by atoms with Crippen LogP contribution in [0.1, 0.15) is 5.56 Å². The van der Waals surface area contributed by atoms with Crippen LogP contribution in [0.3, 0.4) is 0 Å². The highest BCUT2D eigenvalue weighted by atomic mass is 127. The van der Waals surface area contributed by atoms with Gasteiger partial charge in [-0.2, -0.15) is 0 Å². The van der Waals surface area contributed by atoms with Gasteiger partial charge in [0, 0.05) is 0 Å². The van der Waals surface area contributed by atoms with E-state index < -0.39 is 0 Å². The second kappa shape index (κ2) is 5.94. The first-order chi connectivity index (χ1) is 8.18. The van der Waals surface area contributed by atoms with Gasteiger partial charge in [0.1, 0.15) is 12.4 Å². The number of hydrogen-bond donors (Lipinski definition) is 0. The SMILES string of the molecule is Clc1ccc(OCc2ccccc2)c(I)c1Cl. The predicted molar refractivity (Wildman–Crippen MR) is 80.0 cm³/mol. The Morgan fingerprint density at radius 2 is 1.71 bits per heavy atom. The van der Waals surface area contributed by atoms with Gasteiger partial charge in [-0.1, -0.05) is 53.5 Å². The summed E-state index contributed by atoms with van der Waals surface area (Å²) in [6.45, 7) is 0.523. The maximum absolute atomic E-state index is 6.05. The topological polar surface area (TPSA) is 9.23 Å². The molecule has 0 radical (unpaired) electrons. The molecule has 0 amide bonds. The van der Waals surface area contributed by atoms with Crippen molar-refractivity contribution < 1.29 is 4.74 Å². The first-order valence-electron chi connectivity index (χ1n) is 4.98. The molecule has 0 atom stereocenters. The molecule has 4 heteroatoms. The predicted octanol–water partition coefficient (Wildman–Crippen LogP) is 5.18. The van der Waals surface area contributed by atoms with Crippen LogP contribution in [0.15, 0.2) is 42.5 Å². The molecule has 0 heterocycles. The van der Waals surface area contributed by atoms with Crippen LogP contribution < -0.4 is 4.74 Å². The van der Waals surface area contributed by atoms with Crippen LogP contribution in [-0.4, -0.2) is 0 Å². The fourth-order valence-corrected chi connectivity index (χ4v) is 2.45. The van der Waals surface area contributed by atoms with Crippen LogP contribution in [0.5, 0.6) is 5.75 Å². The standard InChI is InChI=1S/C13H9Cl2IO/c14-10-6-7-11(13(16)12(10)15)17-8-9-4-2-1-3-5-9/h1-7H,8H2. The fraction of sp³-hybridized carbons (Fsp3) is 0.0769. The number of halogens is 3. The molecule has 2 rings (SSSR count). The van der Waals surface area contributed by atoms with Crippen LogP contribution in [-0.2, 0) is 6.61 Å². The maximum atomic E-state index is 6.05. The van der Waals surface area contributed by atoms with Gasteiger partial charge in [0.2, 0.25) is 0 Å². The van der Waals surface area contributed by atoms with Crippen molar-refractivity contribution in [2.24, 2.45) is 0 Å². The van der Waals surface area contributed by atoms with Crippen molar-refractivity contribution in [1.82, 2.24) is 0 Å². The molecule has 0 aliphatic heterocycles. The third kappa shape index (κ3) is 3.27. The largest absolute Gasteiger partial charge is 0.488 e. The van der Waals surface area contributed by atoms with Crippen molar-refractivity contribution in [2.75, 3.05) is 0 Å². The molecule has 17 heavy (non-hydrogen) atoms. The Bertz CT molecular complexity index is 514. The summed E-state index contributed by atoms with van der Waals surface area (Å²) < 4.78 is 6.55. The highest BCUT2D eigenvalue weighted by Gasteiger charge is 2.09. The summed E-state index contributed by atoms with van der Waals surface area (Å²) in [6, 6.07) is 13.6. The highest BCUT2D eigenvalue weighted by molar-refractivity contribution is 14.1. The first-order valence-corrected chi connectivity index (χ1v) is 6.82. The van der Waals surface area contributed by atoms with Gasteiger partial charge in [0.25, 0.3) is 0 Å². The van der Waals surface area contributed by atoms with Gasteiger partial charge in [-0.3, -0.25) is 0 Å². The Hall–Kier alpha value is -0.450. The zero-order valence-electron chi connectivity index (χ0n) is 8.79. The normalized spacial score (nSPS) is 10.3. The molecule has 88 valence electrons. The van der Waals surface area contributed by atoms with Crippen LogP contribution >= 0.6 is 45.8 Å². The molecular formula is C13H9Cl2IO. The molecule has 2 aromatic rings. The van der Waals surface area contributed by atoms with E-state index in [1.54, 1.807) is 6.07 Å². The fourth-order valence-electron chi connectivity index (χ4n) is 1.35. The minimum atomic E-state index is 0.523. The van der Waals surface area contributed by atoms with Gasteiger partial charge in [-0.15, -0.1) is 0 Å². The van der Waals surface area contributed by atoms with Gasteiger partial charge in [-0.25, -0.2) is 0 Å². The molecule has 0 fully saturated rings. The summed E-state index contributed by atoms with van der Waals surface area (Å²) in [7, 11) is 0. The van der Waals surface area contributed by atoms with Crippen molar-refractivity contribution >= 4 is 45.8 Å². The van der Waals surface area contributed by atoms with Gasteiger partial charge >= 0.3 is 0 Å². The molecule has 0 aromatic heterocycles. The lowest BCUT2D eigenvalue weighted by atomic mass is 10.2. The van der Waals surface area contributed by atoms with E-state index in [2.05, 4.69) is 22.6 Å². The second-order valence-electron chi connectivity index (χ2n) is 3.45. The van der Waals surface area contributed by atoms with E-state index in [-0.39, 0.29) is 0 Å². The van der Waals surface area contributed by atoms with E-state index in [4.69, 9.17) is 27.9 Å². The maximum Gasteiger partial charge on any atom is 0.134 e. The van der Waals surface area contributed by atoms with E-state index in [0.717, 1.165) is 14.9 Å². The zero-order valence-corrected chi connectivity index (χ0v) is 12.5. The third-order valence-corrected chi connectivity index (χ3v) is 4.43. The van der Waals surface area contributed by atoms with Crippen molar-refractivity contribution in [3.05, 3.63) is 61.6 Å². The minimum Gasteiger partial charge on any atom is -0.488 e. The average Bonchev–Trinajstić information content (AvgIpc) is 2.36. The molecule has 0 spiro atoms. The Labute approximate surface area is 124 Å². The molecule has 0 aliphatic carbocycles. The first kappa shape index (κ1) is 13.0. The Morgan fingerprint density at radius 3 is 2.41 bits per heavy atom. The molecule has 0 unspecified atom stereocenters. The Balaban J connectivity index is 2.13. The molecule has 0 aliphatic rings. The minimum absolute atomic E-state index is 0.523. The second-order valence-corrected chi connectivity index (χ2v) is 5.31. The quantitative estimate of drug-likeness (QED) is 0.528. The third-order valence-electron chi connectivity index (χ3n) is 2.24. The van der Waals surface area contributed by atoms with E-state index in [1.807, 2.05) is 36.4 Å². The monoisotopic (exact) mass is 378 g/mol. The summed E-state index contributed by atoms with van der Waals surface area (Å²) in [5, 5.41) is 1.08. The van der Waals surface area contributed by atoms with E-state index in [9.17, 15) is 0 Å². The number of hydrogen-bond acceptors (Lipinski definition) is 1. The van der Waals surface area contributed by atoms with E-state index in [0.29, 0.717) is 16.7 Å². The van der Waals surface area contributed by atoms with Gasteiger partial charge in [0.15, 0.2) is 0 Å². The van der Waals surface area contributed by atoms with E-state index >= 15 is 0 Å². The van der Waals surface area contributed by atoms with E-state index in [1.165, 1.54) is 0 Å². The molecular weight excluding hydrogens is 370 g/mol. The summed E-state index contributed by atoms with van der Waals surface area (Å²) >= 11 is 14.1. The van der Waals surface area contributed by atoms with Crippen molar-refractivity contribution in [1.29, 1.82) is 0 Å². The van der Waals surface area contributed by atoms with Crippen molar-refractivity contribution in [3.63, 3.8) is 0 Å². The van der Waals surface area contributed by atoms with Crippen LogP contribution in [0.2, 0.25) is 10.0 Å². The van der Waals surface area contributed by atoms with Crippen LogP contribution in [0.4, 0.5) is 0 Å². The molecule has 1 nitrogen and oxygen atoms in total. The number of benzene rings is 2. The van der Waals surface area contributed by atoms with Gasteiger partial charge in [0.05, 0.1) is 13.6 Å². The number of rotatable bonds is 3. The lowest BCUT2D eigenvalue weighted by Gasteiger charge is -2.10. The zero-order chi connectivity index (χ0) is 12.3. The molecule has 0 N–H and O–H groups in total. The van der Waals surface area contributed by atoms with Crippen molar-refractivity contribution in [3.8, 4) is 5.75 Å². The van der Waals surface area contributed by atoms with Crippen molar-refractivity contribution in [2.45, 2.75) is 6.61 Å². The van der Waals surface area contributed by atoms with Crippen LogP contribution in [0.25, 0.3) is 0 Å². The van der Waals surface area contributed by atoms with Crippen LogP contribution in [0, 0.1) is 3.57 Å². The summed E-state index contributed by atoms with van der Waals surface area (Å²) in [6.07, 6.45) is 0. The summed E-state index contributed by atoms with van der Waals surface area (Å²) in [5.41, 5.74) is 1.12. The van der Waals surface area contributed by atoms with Gasteiger partial charge in [-0.05, 0) is 40.3 Å². The average molecular weight is 379 g/mol. The lowest BCUT2D eigenvalue weighted by Crippen LogP contribution is -1.97. The molecule has 2 aromatic carbocycles. The highest BCUT2D eigenvalue weighted by Crippen LogP contribution is 2.34. The lowest BCUT2D eigenvalue weighted by molar-refractivity contribution is 0.304. The number of ether oxygens (including phenoxy) is 1. The smallest absolute Gasteiger partial charge is 0.134 e.